The predicted octanol–water partition coefficient (Wildman–Crippen LogP) is 3.27. The topological polar surface area (TPSA) is 89.6 Å². The summed E-state index contributed by atoms with van der Waals surface area (Å²) >= 11 is 0. The quantitative estimate of drug-likeness (QED) is 0.660. The van der Waals surface area contributed by atoms with E-state index in [9.17, 15) is 9.59 Å². The summed E-state index contributed by atoms with van der Waals surface area (Å²) in [4.78, 5) is 28.7. The standard InChI is InChI=1S/C20H25N3O4/c1-4-5-6-9-22-19(24)14-10-15(13-21-12-14)20(25)23-16-7-8-17(26-2)18(11-16)27-3/h7-8,10-13H,4-6,9H2,1-3H3,(H,22,24)(H,23,25). The third-order valence-corrected chi connectivity index (χ3v) is 3.97. The molecule has 0 bridgehead atoms. The Labute approximate surface area is 159 Å². The lowest BCUT2D eigenvalue weighted by Gasteiger charge is -2.11. The van der Waals surface area contributed by atoms with Gasteiger partial charge in [0, 0.05) is 30.7 Å². The molecule has 0 radical (unpaired) electrons. The maximum atomic E-state index is 12.5. The number of pyridine rings is 1. The van der Waals surface area contributed by atoms with Crippen molar-refractivity contribution in [3.8, 4) is 11.5 Å². The molecule has 1 heterocycles. The molecule has 2 N–H and O–H groups in total. The molecule has 0 aliphatic carbocycles. The van der Waals surface area contributed by atoms with E-state index in [4.69, 9.17) is 9.47 Å². The number of anilines is 1. The van der Waals surface area contributed by atoms with Crippen LogP contribution < -0.4 is 20.1 Å². The summed E-state index contributed by atoms with van der Waals surface area (Å²) in [6, 6.07) is 6.59. The van der Waals surface area contributed by atoms with Crippen molar-refractivity contribution in [2.45, 2.75) is 26.2 Å². The normalized spacial score (nSPS) is 10.2. The Morgan fingerprint density at radius 3 is 2.33 bits per heavy atom. The fourth-order valence-electron chi connectivity index (χ4n) is 2.48. The van der Waals surface area contributed by atoms with Crippen molar-refractivity contribution in [1.82, 2.24) is 10.3 Å². The molecule has 0 aliphatic rings. The first-order valence-electron chi connectivity index (χ1n) is 8.85. The van der Waals surface area contributed by atoms with Crippen LogP contribution in [0.15, 0.2) is 36.7 Å². The first-order valence-corrected chi connectivity index (χ1v) is 8.85. The summed E-state index contributed by atoms with van der Waals surface area (Å²) in [5, 5.41) is 5.60. The van der Waals surface area contributed by atoms with Gasteiger partial charge in [0.25, 0.3) is 11.8 Å². The van der Waals surface area contributed by atoms with E-state index in [0.717, 1.165) is 19.3 Å². The van der Waals surface area contributed by atoms with E-state index in [1.54, 1.807) is 25.3 Å². The minimum atomic E-state index is -0.365. The molecule has 7 heteroatoms. The van der Waals surface area contributed by atoms with Gasteiger partial charge in [0.05, 0.1) is 25.3 Å². The Kier molecular flexibility index (Phi) is 7.61. The molecule has 0 atom stereocenters. The van der Waals surface area contributed by atoms with E-state index in [-0.39, 0.29) is 11.8 Å². The van der Waals surface area contributed by atoms with Gasteiger partial charge in [-0.15, -0.1) is 0 Å². The van der Waals surface area contributed by atoms with Gasteiger partial charge < -0.3 is 20.1 Å². The van der Waals surface area contributed by atoms with Crippen molar-refractivity contribution in [2.24, 2.45) is 0 Å². The molecule has 0 saturated heterocycles. The lowest BCUT2D eigenvalue weighted by molar-refractivity contribution is 0.0952. The molecule has 144 valence electrons. The van der Waals surface area contributed by atoms with E-state index in [2.05, 4.69) is 22.5 Å². The predicted molar refractivity (Wildman–Crippen MR) is 104 cm³/mol. The van der Waals surface area contributed by atoms with E-state index in [1.165, 1.54) is 25.6 Å². The van der Waals surface area contributed by atoms with Gasteiger partial charge in [0.15, 0.2) is 11.5 Å². The fraction of sp³-hybridized carbons (Fsp3) is 0.350. The SMILES string of the molecule is CCCCCNC(=O)c1cncc(C(=O)Nc2ccc(OC)c(OC)c2)c1. The Balaban J connectivity index is 2.05. The van der Waals surface area contributed by atoms with Crippen LogP contribution in [0.5, 0.6) is 11.5 Å². The number of amides is 2. The number of ether oxygens (including phenoxy) is 2. The summed E-state index contributed by atoms with van der Waals surface area (Å²) in [6.45, 7) is 2.71. The first-order chi connectivity index (χ1) is 13.1. The smallest absolute Gasteiger partial charge is 0.257 e. The number of methoxy groups -OCH3 is 2. The van der Waals surface area contributed by atoms with Gasteiger partial charge in [-0.3, -0.25) is 14.6 Å². The van der Waals surface area contributed by atoms with Crippen molar-refractivity contribution in [3.05, 3.63) is 47.8 Å². The summed E-state index contributed by atoms with van der Waals surface area (Å²) in [6.07, 6.45) is 5.94. The number of nitrogens with one attached hydrogen (secondary N) is 2. The number of carbonyl (C=O) groups excluding carboxylic acids is 2. The molecular weight excluding hydrogens is 346 g/mol. The third kappa shape index (κ3) is 5.70. The van der Waals surface area contributed by atoms with Gasteiger partial charge >= 0.3 is 0 Å². The number of hydrogen-bond acceptors (Lipinski definition) is 5. The zero-order valence-corrected chi connectivity index (χ0v) is 15.9. The van der Waals surface area contributed by atoms with Crippen LogP contribution in [-0.4, -0.2) is 37.6 Å². The molecule has 1 aromatic heterocycles. The Bertz CT molecular complexity index is 793. The molecule has 0 fully saturated rings. The van der Waals surface area contributed by atoms with Crippen LogP contribution in [0, 0.1) is 0 Å². The van der Waals surface area contributed by atoms with Crippen molar-refractivity contribution in [3.63, 3.8) is 0 Å². The molecule has 0 aliphatic heterocycles. The first kappa shape index (κ1) is 20.2. The zero-order chi connectivity index (χ0) is 19.6. The van der Waals surface area contributed by atoms with Gasteiger partial charge in [-0.1, -0.05) is 19.8 Å². The highest BCUT2D eigenvalue weighted by molar-refractivity contribution is 6.06. The Morgan fingerprint density at radius 2 is 1.67 bits per heavy atom. The molecule has 27 heavy (non-hydrogen) atoms. The molecular formula is C20H25N3O4. The van der Waals surface area contributed by atoms with Gasteiger partial charge in [-0.05, 0) is 24.6 Å². The van der Waals surface area contributed by atoms with Crippen LogP contribution in [0.3, 0.4) is 0 Å². The van der Waals surface area contributed by atoms with Crippen LogP contribution in [0.25, 0.3) is 0 Å². The summed E-state index contributed by atoms with van der Waals surface area (Å²) < 4.78 is 10.4. The lowest BCUT2D eigenvalue weighted by Crippen LogP contribution is -2.25. The Morgan fingerprint density at radius 1 is 0.963 bits per heavy atom. The highest BCUT2D eigenvalue weighted by Gasteiger charge is 2.13. The molecule has 7 nitrogen and oxygen atoms in total. The molecule has 2 amide bonds. The number of carbonyl (C=O) groups is 2. The van der Waals surface area contributed by atoms with Crippen molar-refractivity contribution >= 4 is 17.5 Å². The lowest BCUT2D eigenvalue weighted by atomic mass is 10.1. The summed E-state index contributed by atoms with van der Waals surface area (Å²) in [7, 11) is 3.07. The minimum Gasteiger partial charge on any atom is -0.493 e. The number of unbranched alkanes of at least 4 members (excludes halogenated alkanes) is 2. The summed E-state index contributed by atoms with van der Waals surface area (Å²) in [5.41, 5.74) is 1.20. The number of hydrogen-bond donors (Lipinski definition) is 2. The van der Waals surface area contributed by atoms with Gasteiger partial charge in [0.2, 0.25) is 0 Å². The highest BCUT2D eigenvalue weighted by Crippen LogP contribution is 2.29. The third-order valence-electron chi connectivity index (χ3n) is 3.97. The van der Waals surface area contributed by atoms with E-state index >= 15 is 0 Å². The molecule has 0 unspecified atom stereocenters. The van der Waals surface area contributed by atoms with E-state index < -0.39 is 0 Å². The second-order valence-corrected chi connectivity index (χ2v) is 5.95. The average molecular weight is 371 g/mol. The molecule has 0 spiro atoms. The van der Waals surface area contributed by atoms with Gasteiger partial charge in [-0.25, -0.2) is 0 Å². The van der Waals surface area contributed by atoms with Gasteiger partial charge in [0.1, 0.15) is 0 Å². The second kappa shape index (κ2) is 10.2. The van der Waals surface area contributed by atoms with Crippen LogP contribution in [-0.2, 0) is 0 Å². The second-order valence-electron chi connectivity index (χ2n) is 5.95. The van der Waals surface area contributed by atoms with E-state index in [0.29, 0.717) is 34.9 Å². The number of rotatable bonds is 9. The molecule has 1 aromatic carbocycles. The average Bonchev–Trinajstić information content (AvgIpc) is 2.71. The molecule has 2 aromatic rings. The zero-order valence-electron chi connectivity index (χ0n) is 15.9. The molecule has 0 saturated carbocycles. The number of nitrogens with zero attached hydrogens (tertiary/aromatic N) is 1. The van der Waals surface area contributed by atoms with E-state index in [1.807, 2.05) is 0 Å². The highest BCUT2D eigenvalue weighted by atomic mass is 16.5. The van der Waals surface area contributed by atoms with Crippen LogP contribution in [0.2, 0.25) is 0 Å². The minimum absolute atomic E-state index is 0.237. The van der Waals surface area contributed by atoms with Crippen molar-refractivity contribution < 1.29 is 19.1 Å². The van der Waals surface area contributed by atoms with Crippen LogP contribution in [0.1, 0.15) is 46.9 Å². The summed E-state index contributed by atoms with van der Waals surface area (Å²) in [5.74, 6) is 0.474. The number of aromatic nitrogens is 1. The maximum absolute atomic E-state index is 12.5. The van der Waals surface area contributed by atoms with Crippen LogP contribution in [0.4, 0.5) is 5.69 Å². The van der Waals surface area contributed by atoms with Crippen molar-refractivity contribution in [1.29, 1.82) is 0 Å². The van der Waals surface area contributed by atoms with Crippen LogP contribution >= 0.6 is 0 Å². The fourth-order valence-corrected chi connectivity index (χ4v) is 2.48. The maximum Gasteiger partial charge on any atom is 0.257 e. The van der Waals surface area contributed by atoms with Gasteiger partial charge in [-0.2, -0.15) is 0 Å². The largest absolute Gasteiger partial charge is 0.493 e. The molecule has 2 rings (SSSR count). The monoisotopic (exact) mass is 371 g/mol. The number of benzene rings is 1. The Hall–Kier alpha value is -3.09. The van der Waals surface area contributed by atoms with Crippen molar-refractivity contribution in [2.75, 3.05) is 26.1 Å².